The minimum Gasteiger partial charge on any atom is -0.465 e. The number of carboxylic acid groups (broad SMARTS) is 1. The second kappa shape index (κ2) is 6.31. The van der Waals surface area contributed by atoms with Crippen molar-refractivity contribution in [3.05, 3.63) is 18.6 Å². The maximum absolute atomic E-state index is 10.3. The molecule has 106 valence electrons. The molecule has 0 radical (unpaired) electrons. The first-order chi connectivity index (χ1) is 9.66. The van der Waals surface area contributed by atoms with E-state index in [0.717, 1.165) is 0 Å². The van der Waals surface area contributed by atoms with Gasteiger partial charge >= 0.3 is 6.09 Å². The molecule has 10 heteroatoms. The molecule has 0 unspecified atom stereocenters. The van der Waals surface area contributed by atoms with Crippen LogP contribution in [0.4, 0.5) is 22.2 Å². The standard InChI is InChI=1S/C10H14N8O2/c11-8-7(16-17-9-12-3-4-13-9)6-15-18(8)5-1-2-14-10(19)20/h3-4,6,14H,1-2,5,11H2,(H,12,13)(H,19,20)/b17-16+. The van der Waals surface area contributed by atoms with Gasteiger partial charge in [0.15, 0.2) is 0 Å². The van der Waals surface area contributed by atoms with E-state index in [4.69, 9.17) is 10.8 Å². The summed E-state index contributed by atoms with van der Waals surface area (Å²) in [5, 5.41) is 22.6. The molecule has 0 spiro atoms. The van der Waals surface area contributed by atoms with Crippen molar-refractivity contribution in [2.24, 2.45) is 10.2 Å². The molecule has 0 atom stereocenters. The molecule has 5 N–H and O–H groups in total. The van der Waals surface area contributed by atoms with Crippen LogP contribution in [0.25, 0.3) is 0 Å². The van der Waals surface area contributed by atoms with Crippen LogP contribution in [0.1, 0.15) is 6.42 Å². The molecule has 20 heavy (non-hydrogen) atoms. The van der Waals surface area contributed by atoms with Crippen LogP contribution in [0, 0.1) is 0 Å². The van der Waals surface area contributed by atoms with E-state index in [1.807, 2.05) is 0 Å². The smallest absolute Gasteiger partial charge is 0.404 e. The Labute approximate surface area is 113 Å². The van der Waals surface area contributed by atoms with Gasteiger partial charge in [0.05, 0.1) is 6.20 Å². The number of nitrogen functional groups attached to an aromatic ring is 1. The van der Waals surface area contributed by atoms with Crippen molar-refractivity contribution in [1.29, 1.82) is 0 Å². The molecule has 10 nitrogen and oxygen atoms in total. The second-order valence-electron chi connectivity index (χ2n) is 3.84. The van der Waals surface area contributed by atoms with Gasteiger partial charge in [0, 0.05) is 25.5 Å². The van der Waals surface area contributed by atoms with E-state index in [1.165, 1.54) is 6.20 Å². The zero-order chi connectivity index (χ0) is 14.4. The molecule has 0 aliphatic rings. The van der Waals surface area contributed by atoms with Crippen molar-refractivity contribution in [2.75, 3.05) is 12.3 Å². The largest absolute Gasteiger partial charge is 0.465 e. The number of nitrogens with two attached hydrogens (primary N) is 1. The number of nitrogens with zero attached hydrogens (tertiary/aromatic N) is 5. The van der Waals surface area contributed by atoms with E-state index in [0.29, 0.717) is 37.0 Å². The second-order valence-corrected chi connectivity index (χ2v) is 3.84. The van der Waals surface area contributed by atoms with E-state index < -0.39 is 6.09 Å². The van der Waals surface area contributed by atoms with Gasteiger partial charge in [-0.2, -0.15) is 5.10 Å². The topological polar surface area (TPSA) is 147 Å². The third-order valence-corrected chi connectivity index (χ3v) is 2.42. The molecule has 2 aromatic heterocycles. The number of hydrogen-bond acceptors (Lipinski definition) is 6. The Morgan fingerprint density at radius 3 is 3.10 bits per heavy atom. The number of azo groups is 1. The molecule has 0 aromatic carbocycles. The summed E-state index contributed by atoms with van der Waals surface area (Å²) in [6, 6.07) is 0. The van der Waals surface area contributed by atoms with Gasteiger partial charge in [-0.05, 0) is 6.42 Å². The van der Waals surface area contributed by atoms with Crippen molar-refractivity contribution < 1.29 is 9.90 Å². The third kappa shape index (κ3) is 3.54. The Hall–Kier alpha value is -2.91. The quantitative estimate of drug-likeness (QED) is 0.464. The monoisotopic (exact) mass is 278 g/mol. The number of carbonyl (C=O) groups is 1. The molecule has 0 saturated carbocycles. The van der Waals surface area contributed by atoms with Crippen LogP contribution in [0.3, 0.4) is 0 Å². The summed E-state index contributed by atoms with van der Waals surface area (Å²) in [5.41, 5.74) is 6.30. The Balaban J connectivity index is 1.91. The van der Waals surface area contributed by atoms with Crippen molar-refractivity contribution >= 4 is 23.5 Å². The van der Waals surface area contributed by atoms with Crippen molar-refractivity contribution in [1.82, 2.24) is 25.1 Å². The summed E-state index contributed by atoms with van der Waals surface area (Å²) < 4.78 is 1.54. The highest BCUT2D eigenvalue weighted by atomic mass is 16.4. The molecule has 0 fully saturated rings. The lowest BCUT2D eigenvalue weighted by molar-refractivity contribution is 0.194. The fourth-order valence-electron chi connectivity index (χ4n) is 1.48. The normalized spacial score (nSPS) is 11.0. The summed E-state index contributed by atoms with van der Waals surface area (Å²) >= 11 is 0. The Bertz CT molecular complexity index is 588. The SMILES string of the molecule is Nc1c(/N=N/c2ncc[nH]2)cnn1CCCNC(=O)O. The Morgan fingerprint density at radius 1 is 1.55 bits per heavy atom. The summed E-state index contributed by atoms with van der Waals surface area (Å²) in [7, 11) is 0. The zero-order valence-corrected chi connectivity index (χ0v) is 10.5. The zero-order valence-electron chi connectivity index (χ0n) is 10.5. The van der Waals surface area contributed by atoms with Crippen molar-refractivity contribution in [2.45, 2.75) is 13.0 Å². The number of hydrogen-bond donors (Lipinski definition) is 4. The number of aryl methyl sites for hydroxylation is 1. The minimum absolute atomic E-state index is 0.331. The maximum atomic E-state index is 10.3. The highest BCUT2D eigenvalue weighted by Gasteiger charge is 2.06. The molecular weight excluding hydrogens is 264 g/mol. The highest BCUT2D eigenvalue weighted by molar-refractivity contribution is 5.64. The fourth-order valence-corrected chi connectivity index (χ4v) is 1.48. The van der Waals surface area contributed by atoms with Crippen molar-refractivity contribution in [3.63, 3.8) is 0 Å². The number of anilines is 1. The predicted octanol–water partition coefficient (Wildman–Crippen LogP) is 1.26. The average Bonchev–Trinajstić information content (AvgIpc) is 3.03. The molecular formula is C10H14N8O2. The first-order valence-corrected chi connectivity index (χ1v) is 5.86. The fraction of sp³-hybridized carbons (Fsp3) is 0.300. The van der Waals surface area contributed by atoms with Gasteiger partial charge < -0.3 is 21.1 Å². The summed E-state index contributed by atoms with van der Waals surface area (Å²) in [4.78, 5) is 17.0. The first-order valence-electron chi connectivity index (χ1n) is 5.86. The molecule has 2 heterocycles. The average molecular weight is 278 g/mol. The molecule has 2 aromatic rings. The Morgan fingerprint density at radius 2 is 2.40 bits per heavy atom. The number of imidazole rings is 1. The molecule has 0 saturated heterocycles. The van der Waals surface area contributed by atoms with Gasteiger partial charge in [-0.1, -0.05) is 0 Å². The third-order valence-electron chi connectivity index (χ3n) is 2.42. The lowest BCUT2D eigenvalue weighted by Crippen LogP contribution is -2.23. The van der Waals surface area contributed by atoms with Gasteiger partial charge in [-0.25, -0.2) is 14.5 Å². The van der Waals surface area contributed by atoms with Crippen LogP contribution in [0.5, 0.6) is 0 Å². The summed E-state index contributed by atoms with van der Waals surface area (Å²) in [5.74, 6) is 0.749. The van der Waals surface area contributed by atoms with Crippen LogP contribution in [-0.4, -0.2) is 37.5 Å². The number of aromatic amines is 1. The van der Waals surface area contributed by atoms with E-state index in [1.54, 1.807) is 17.1 Å². The number of rotatable bonds is 6. The number of amides is 1. The summed E-state index contributed by atoms with van der Waals surface area (Å²) in [6.45, 7) is 0.820. The van der Waals surface area contributed by atoms with Crippen LogP contribution < -0.4 is 11.1 Å². The maximum Gasteiger partial charge on any atom is 0.404 e. The lowest BCUT2D eigenvalue weighted by atomic mass is 10.4. The van der Waals surface area contributed by atoms with Crippen LogP contribution in [0.2, 0.25) is 0 Å². The number of aromatic nitrogens is 4. The number of H-pyrrole nitrogens is 1. The van der Waals surface area contributed by atoms with Gasteiger partial charge in [-0.3, -0.25) is 0 Å². The van der Waals surface area contributed by atoms with E-state index in [-0.39, 0.29) is 0 Å². The predicted molar refractivity (Wildman–Crippen MR) is 70.0 cm³/mol. The minimum atomic E-state index is -1.05. The van der Waals surface area contributed by atoms with Crippen molar-refractivity contribution in [3.8, 4) is 0 Å². The first kappa shape index (κ1) is 13.5. The van der Waals surface area contributed by atoms with E-state index >= 15 is 0 Å². The van der Waals surface area contributed by atoms with Gasteiger partial charge in [0.2, 0.25) is 5.95 Å². The molecule has 0 aliphatic heterocycles. The number of nitrogens with one attached hydrogen (secondary N) is 2. The molecule has 0 bridgehead atoms. The molecule has 0 aliphatic carbocycles. The Kier molecular flexibility index (Phi) is 4.27. The van der Waals surface area contributed by atoms with E-state index in [2.05, 4.69) is 30.6 Å². The molecule has 2 rings (SSSR count). The highest BCUT2D eigenvalue weighted by Crippen LogP contribution is 2.22. The van der Waals surface area contributed by atoms with Crippen LogP contribution in [0.15, 0.2) is 28.8 Å². The van der Waals surface area contributed by atoms with Crippen LogP contribution in [-0.2, 0) is 6.54 Å². The van der Waals surface area contributed by atoms with Gasteiger partial charge in [0.1, 0.15) is 11.5 Å². The lowest BCUT2D eigenvalue weighted by Gasteiger charge is -2.03. The van der Waals surface area contributed by atoms with Crippen LogP contribution >= 0.6 is 0 Å². The van der Waals surface area contributed by atoms with Gasteiger partial charge in [0.25, 0.3) is 0 Å². The summed E-state index contributed by atoms with van der Waals surface area (Å²) in [6.07, 6.45) is 4.22. The van der Waals surface area contributed by atoms with E-state index in [9.17, 15) is 4.79 Å². The molecule has 1 amide bonds. The van der Waals surface area contributed by atoms with Gasteiger partial charge in [-0.15, -0.1) is 10.2 Å².